The maximum atomic E-state index is 7.33. The van der Waals surface area contributed by atoms with Gasteiger partial charge in [0.25, 0.3) is 0 Å². The van der Waals surface area contributed by atoms with Gasteiger partial charge in [-0.25, -0.2) is 0 Å². The largest absolute Gasteiger partial charge is 0.516 e. The Kier molecular flexibility index (Phi) is 21.2. The van der Waals surface area contributed by atoms with Gasteiger partial charge in [-0.2, -0.15) is 0 Å². The summed E-state index contributed by atoms with van der Waals surface area (Å²) in [5.41, 5.74) is 0. The van der Waals surface area contributed by atoms with Crippen molar-refractivity contribution in [2.24, 2.45) is 0 Å². The minimum Gasteiger partial charge on any atom is -0.516 e. The Morgan fingerprint density at radius 3 is 1.75 bits per heavy atom. The molecular formula is C2H4NaO. The van der Waals surface area contributed by atoms with E-state index in [-0.39, 0.29) is 29.6 Å². The molecule has 4 heavy (non-hydrogen) atoms. The first kappa shape index (κ1) is 8.82. The van der Waals surface area contributed by atoms with E-state index in [0.29, 0.717) is 0 Å². The molecular weight excluding hydrogens is 63.0 g/mol. The normalized spacial score (nSPS) is 3.00. The minimum atomic E-state index is 0. The third kappa shape index (κ3) is 20.7. The fourth-order valence-corrected chi connectivity index (χ4v) is 0. The summed E-state index contributed by atoms with van der Waals surface area (Å²) in [5.74, 6) is 0. The maximum absolute atomic E-state index is 7.33. The molecule has 0 saturated heterocycles. The molecule has 0 bridgehead atoms. The topological polar surface area (TPSA) is 20.2 Å². The van der Waals surface area contributed by atoms with E-state index in [9.17, 15) is 0 Å². The molecule has 0 spiro atoms. The Hall–Kier alpha value is 0.540. The summed E-state index contributed by atoms with van der Waals surface area (Å²) < 4.78 is 0. The molecule has 0 amide bonds. The third-order valence-electron chi connectivity index (χ3n) is 0. The Labute approximate surface area is 47.6 Å². The summed E-state index contributed by atoms with van der Waals surface area (Å²) in [6.07, 6.45) is 0.750. The molecule has 0 aromatic rings. The van der Waals surface area contributed by atoms with Crippen LogP contribution in [0.3, 0.4) is 0 Å². The van der Waals surface area contributed by atoms with Crippen LogP contribution < -0.4 is 0 Å². The van der Waals surface area contributed by atoms with Crippen LogP contribution in [0.2, 0.25) is 0 Å². The van der Waals surface area contributed by atoms with Gasteiger partial charge in [0, 0.05) is 29.6 Å². The fourth-order valence-electron chi connectivity index (χ4n) is 0. The molecule has 0 heterocycles. The monoisotopic (exact) mass is 67.0 g/mol. The van der Waals surface area contributed by atoms with Crippen molar-refractivity contribution in [3.63, 3.8) is 0 Å². The molecule has 1 nitrogen and oxygen atoms in total. The average Bonchev–Trinajstić information content (AvgIpc) is 0.918. The zero-order valence-electron chi connectivity index (χ0n) is 2.73. The fraction of sp³-hybridized carbons (Fsp3) is 0. The second-order valence-electron chi connectivity index (χ2n) is 0.183. The van der Waals surface area contributed by atoms with Gasteiger partial charge >= 0.3 is 0 Å². The number of hydrogen-bond donors (Lipinski definition) is 1. The SMILES string of the molecule is C=CO.[Na]. The zero-order chi connectivity index (χ0) is 2.71. The molecule has 0 rings (SSSR count). The van der Waals surface area contributed by atoms with Crippen LogP contribution >= 0.6 is 0 Å². The van der Waals surface area contributed by atoms with Crippen molar-refractivity contribution < 1.29 is 5.11 Å². The first-order valence-corrected chi connectivity index (χ1v) is 0.666. The van der Waals surface area contributed by atoms with E-state index in [1.54, 1.807) is 0 Å². The van der Waals surface area contributed by atoms with Crippen LogP contribution in [-0.2, 0) is 0 Å². The van der Waals surface area contributed by atoms with Gasteiger partial charge in [-0.3, -0.25) is 0 Å². The van der Waals surface area contributed by atoms with E-state index < -0.39 is 0 Å². The predicted molar refractivity (Wildman–Crippen MR) is 18.6 cm³/mol. The second kappa shape index (κ2) is 9.63. The van der Waals surface area contributed by atoms with E-state index in [4.69, 9.17) is 5.11 Å². The first-order chi connectivity index (χ1) is 1.41. The molecule has 0 aromatic heterocycles. The molecule has 2 heteroatoms. The number of hydrogen-bond acceptors (Lipinski definition) is 1. The van der Waals surface area contributed by atoms with E-state index in [1.807, 2.05) is 0 Å². The van der Waals surface area contributed by atoms with Crippen molar-refractivity contribution in [2.45, 2.75) is 0 Å². The molecule has 0 atom stereocenters. The Balaban J connectivity index is 0. The van der Waals surface area contributed by atoms with Crippen molar-refractivity contribution in [1.82, 2.24) is 0 Å². The van der Waals surface area contributed by atoms with Gasteiger partial charge in [0.2, 0.25) is 0 Å². The van der Waals surface area contributed by atoms with Gasteiger partial charge in [0.1, 0.15) is 0 Å². The summed E-state index contributed by atoms with van der Waals surface area (Å²) in [5, 5.41) is 7.33. The van der Waals surface area contributed by atoms with Crippen LogP contribution in [0.15, 0.2) is 12.8 Å². The van der Waals surface area contributed by atoms with Gasteiger partial charge in [0.05, 0.1) is 6.26 Å². The van der Waals surface area contributed by atoms with Gasteiger partial charge in [-0.05, 0) is 0 Å². The van der Waals surface area contributed by atoms with Gasteiger partial charge in [0.15, 0.2) is 0 Å². The van der Waals surface area contributed by atoms with E-state index in [2.05, 4.69) is 6.58 Å². The number of aliphatic hydroxyl groups is 1. The molecule has 0 unspecified atom stereocenters. The molecule has 0 aliphatic carbocycles. The van der Waals surface area contributed by atoms with Crippen molar-refractivity contribution in [1.29, 1.82) is 0 Å². The number of rotatable bonds is 0. The van der Waals surface area contributed by atoms with Crippen LogP contribution in [0, 0.1) is 0 Å². The molecule has 1 radical (unpaired) electrons. The molecule has 1 N–H and O–H groups in total. The summed E-state index contributed by atoms with van der Waals surface area (Å²) >= 11 is 0. The van der Waals surface area contributed by atoms with Gasteiger partial charge in [-0.15, -0.1) is 0 Å². The number of aliphatic hydroxyl groups excluding tert-OH is 1. The quantitative estimate of drug-likeness (QED) is 0.319. The Morgan fingerprint density at radius 1 is 1.75 bits per heavy atom. The van der Waals surface area contributed by atoms with E-state index in [0.717, 1.165) is 6.26 Å². The van der Waals surface area contributed by atoms with E-state index in [1.165, 1.54) is 0 Å². The summed E-state index contributed by atoms with van der Waals surface area (Å²) in [4.78, 5) is 0. The van der Waals surface area contributed by atoms with Crippen LogP contribution in [0.4, 0.5) is 0 Å². The van der Waals surface area contributed by atoms with Crippen LogP contribution in [0.25, 0.3) is 0 Å². The van der Waals surface area contributed by atoms with Gasteiger partial charge in [-0.1, -0.05) is 6.58 Å². The zero-order valence-corrected chi connectivity index (χ0v) is 4.73. The van der Waals surface area contributed by atoms with Crippen molar-refractivity contribution in [3.8, 4) is 0 Å². The summed E-state index contributed by atoms with van der Waals surface area (Å²) in [7, 11) is 0. The maximum Gasteiger partial charge on any atom is 0.0719 e. The second-order valence-corrected chi connectivity index (χ2v) is 0.183. The van der Waals surface area contributed by atoms with Crippen LogP contribution in [-0.4, -0.2) is 34.7 Å². The molecule has 0 fully saturated rings. The van der Waals surface area contributed by atoms with Crippen LogP contribution in [0.5, 0.6) is 0 Å². The standard InChI is InChI=1S/C2H4O.Na/c1-2-3;/h2-3H,1H2;. The Bertz CT molecular complexity index is 13.5. The molecule has 0 aromatic carbocycles. The average molecular weight is 67.0 g/mol. The molecule has 0 aliphatic heterocycles. The van der Waals surface area contributed by atoms with Crippen molar-refractivity contribution in [3.05, 3.63) is 12.8 Å². The third-order valence-corrected chi connectivity index (χ3v) is 0. The summed E-state index contributed by atoms with van der Waals surface area (Å²) in [6.45, 7) is 2.92. The van der Waals surface area contributed by atoms with Crippen molar-refractivity contribution in [2.75, 3.05) is 0 Å². The molecule has 0 saturated carbocycles. The van der Waals surface area contributed by atoms with Crippen LogP contribution in [0.1, 0.15) is 0 Å². The van der Waals surface area contributed by atoms with Crippen molar-refractivity contribution >= 4 is 29.6 Å². The minimum absolute atomic E-state index is 0. The van der Waals surface area contributed by atoms with E-state index >= 15 is 0 Å². The van der Waals surface area contributed by atoms with Gasteiger partial charge < -0.3 is 5.11 Å². The predicted octanol–water partition coefficient (Wildman–Crippen LogP) is 0.307. The summed E-state index contributed by atoms with van der Waals surface area (Å²) in [6, 6.07) is 0. The molecule has 19 valence electrons. The Morgan fingerprint density at radius 2 is 1.75 bits per heavy atom. The first-order valence-electron chi connectivity index (χ1n) is 0.666. The smallest absolute Gasteiger partial charge is 0.0719 e. The molecule has 0 aliphatic rings.